The van der Waals surface area contributed by atoms with Crippen LogP contribution in [0.4, 0.5) is 0 Å². The van der Waals surface area contributed by atoms with Crippen LogP contribution in [0.1, 0.15) is 24.8 Å². The van der Waals surface area contributed by atoms with Gasteiger partial charge in [0.2, 0.25) is 5.91 Å². The van der Waals surface area contributed by atoms with Crippen LogP contribution >= 0.6 is 12.4 Å². The number of ether oxygens (including phenoxy) is 1. The van der Waals surface area contributed by atoms with Crippen molar-refractivity contribution in [3.8, 4) is 5.75 Å². The van der Waals surface area contributed by atoms with Crippen LogP contribution in [0.15, 0.2) is 24.3 Å². The van der Waals surface area contributed by atoms with Crippen molar-refractivity contribution in [1.29, 1.82) is 0 Å². The van der Waals surface area contributed by atoms with Gasteiger partial charge in [-0.1, -0.05) is 18.2 Å². The molecule has 4 nitrogen and oxygen atoms in total. The number of carbonyl (C=O) groups is 1. The van der Waals surface area contributed by atoms with Crippen molar-refractivity contribution in [3.05, 3.63) is 29.8 Å². The zero-order valence-corrected chi connectivity index (χ0v) is 13.4. The summed E-state index contributed by atoms with van der Waals surface area (Å²) in [6, 6.07) is 7.96. The lowest BCUT2D eigenvalue weighted by molar-refractivity contribution is -0.120. The summed E-state index contributed by atoms with van der Waals surface area (Å²) in [5.74, 6) is 1.80. The summed E-state index contributed by atoms with van der Waals surface area (Å²) in [7, 11) is 0. The molecule has 1 saturated carbocycles. The molecule has 0 aromatic heterocycles. The Hall–Kier alpha value is -1.26. The first-order chi connectivity index (χ1) is 9.75. The summed E-state index contributed by atoms with van der Waals surface area (Å²) >= 11 is 0. The maximum Gasteiger partial charge on any atom is 0.233 e. The van der Waals surface area contributed by atoms with E-state index in [1.54, 1.807) is 0 Å². The third-order valence-corrected chi connectivity index (χ3v) is 3.41. The number of hydrogen-bond donors (Lipinski definition) is 2. The lowest BCUT2D eigenvalue weighted by Crippen LogP contribution is -2.35. The summed E-state index contributed by atoms with van der Waals surface area (Å²) in [5.41, 5.74) is 1.14. The van der Waals surface area contributed by atoms with E-state index in [1.165, 1.54) is 12.8 Å². The molecule has 0 atom stereocenters. The van der Waals surface area contributed by atoms with E-state index in [1.807, 2.05) is 31.2 Å². The molecule has 5 heteroatoms. The fraction of sp³-hybridized carbons (Fsp3) is 0.562. The highest BCUT2D eigenvalue weighted by Crippen LogP contribution is 2.27. The van der Waals surface area contributed by atoms with Gasteiger partial charge in [-0.2, -0.15) is 0 Å². The van der Waals surface area contributed by atoms with Crippen LogP contribution in [-0.2, 0) is 4.79 Å². The molecule has 1 aliphatic carbocycles. The predicted octanol–water partition coefficient (Wildman–Crippen LogP) is 2.30. The smallest absolute Gasteiger partial charge is 0.233 e. The third-order valence-electron chi connectivity index (χ3n) is 3.41. The van der Waals surface area contributed by atoms with E-state index in [0.717, 1.165) is 30.2 Å². The third kappa shape index (κ3) is 7.34. The molecule has 0 spiro atoms. The Kier molecular flexibility index (Phi) is 8.16. The number of rotatable bonds is 9. The van der Waals surface area contributed by atoms with Gasteiger partial charge in [-0.05, 0) is 50.3 Å². The van der Waals surface area contributed by atoms with Gasteiger partial charge >= 0.3 is 0 Å². The average Bonchev–Trinajstić information content (AvgIpc) is 3.24. The van der Waals surface area contributed by atoms with Crippen molar-refractivity contribution in [3.63, 3.8) is 0 Å². The minimum absolute atomic E-state index is 0. The molecule has 0 unspecified atom stereocenters. The molecular weight excluding hydrogens is 288 g/mol. The molecular formula is C16H25ClN2O2. The highest BCUT2D eigenvalue weighted by Gasteiger charge is 2.20. The lowest BCUT2D eigenvalue weighted by Gasteiger charge is -2.09. The van der Waals surface area contributed by atoms with Crippen molar-refractivity contribution >= 4 is 18.3 Å². The van der Waals surface area contributed by atoms with Crippen LogP contribution < -0.4 is 15.4 Å². The average molecular weight is 313 g/mol. The molecule has 1 aliphatic rings. The van der Waals surface area contributed by atoms with Gasteiger partial charge in [0, 0.05) is 6.54 Å². The Labute approximate surface area is 133 Å². The number of halogens is 1. The Morgan fingerprint density at radius 3 is 2.81 bits per heavy atom. The molecule has 1 fully saturated rings. The molecule has 118 valence electrons. The Morgan fingerprint density at radius 2 is 2.10 bits per heavy atom. The first-order valence-corrected chi connectivity index (χ1v) is 7.41. The van der Waals surface area contributed by atoms with Gasteiger partial charge in [0.1, 0.15) is 5.75 Å². The van der Waals surface area contributed by atoms with Crippen molar-refractivity contribution < 1.29 is 9.53 Å². The fourth-order valence-electron chi connectivity index (χ4n) is 1.97. The van der Waals surface area contributed by atoms with Gasteiger partial charge in [0.15, 0.2) is 0 Å². The van der Waals surface area contributed by atoms with E-state index in [9.17, 15) is 4.79 Å². The normalized spacial score (nSPS) is 13.4. The first kappa shape index (κ1) is 17.8. The number of nitrogens with one attached hydrogen (secondary N) is 2. The van der Waals surface area contributed by atoms with Gasteiger partial charge in [-0.25, -0.2) is 0 Å². The number of carbonyl (C=O) groups excluding carboxylic acids is 1. The van der Waals surface area contributed by atoms with Gasteiger partial charge in [0.05, 0.1) is 13.2 Å². The van der Waals surface area contributed by atoms with Gasteiger partial charge in [0.25, 0.3) is 0 Å². The highest BCUT2D eigenvalue weighted by molar-refractivity contribution is 5.85. The first-order valence-electron chi connectivity index (χ1n) is 7.41. The van der Waals surface area contributed by atoms with Gasteiger partial charge in [-0.3, -0.25) is 4.79 Å². The summed E-state index contributed by atoms with van der Waals surface area (Å²) in [4.78, 5) is 11.5. The molecule has 21 heavy (non-hydrogen) atoms. The highest BCUT2D eigenvalue weighted by atomic mass is 35.5. The van der Waals surface area contributed by atoms with E-state index in [2.05, 4.69) is 10.6 Å². The summed E-state index contributed by atoms with van der Waals surface area (Å²) < 4.78 is 5.67. The molecule has 0 aliphatic heterocycles. The van der Waals surface area contributed by atoms with E-state index >= 15 is 0 Å². The SMILES string of the molecule is Cc1ccccc1OCCCNC(=O)CNCC1CC1.Cl. The molecule has 0 heterocycles. The van der Waals surface area contributed by atoms with Gasteiger partial charge in [-0.15, -0.1) is 12.4 Å². The van der Waals surface area contributed by atoms with Crippen molar-refractivity contribution in [2.45, 2.75) is 26.2 Å². The molecule has 1 aromatic rings. The lowest BCUT2D eigenvalue weighted by atomic mass is 10.2. The van der Waals surface area contributed by atoms with Crippen LogP contribution in [0, 0.1) is 12.8 Å². The summed E-state index contributed by atoms with van der Waals surface area (Å²) in [6.45, 7) is 4.72. The van der Waals surface area contributed by atoms with Crippen molar-refractivity contribution in [1.82, 2.24) is 10.6 Å². The fourth-order valence-corrected chi connectivity index (χ4v) is 1.97. The maximum atomic E-state index is 11.5. The zero-order valence-electron chi connectivity index (χ0n) is 12.6. The molecule has 2 rings (SSSR count). The molecule has 0 bridgehead atoms. The summed E-state index contributed by atoms with van der Waals surface area (Å²) in [5, 5.41) is 6.07. The quantitative estimate of drug-likeness (QED) is 0.688. The molecule has 0 radical (unpaired) electrons. The van der Waals surface area contributed by atoms with Crippen molar-refractivity contribution in [2.24, 2.45) is 5.92 Å². The van der Waals surface area contributed by atoms with Crippen molar-refractivity contribution in [2.75, 3.05) is 26.2 Å². The van der Waals surface area contributed by atoms with Crippen LogP contribution in [0.2, 0.25) is 0 Å². The largest absolute Gasteiger partial charge is 0.493 e. The second-order valence-corrected chi connectivity index (χ2v) is 5.39. The Bertz CT molecular complexity index is 436. The Balaban J connectivity index is 0.00000220. The number of hydrogen-bond acceptors (Lipinski definition) is 3. The van der Waals surface area contributed by atoms with Crippen LogP contribution in [0.3, 0.4) is 0 Å². The maximum absolute atomic E-state index is 11.5. The second-order valence-electron chi connectivity index (χ2n) is 5.39. The number of amides is 1. The molecule has 1 amide bonds. The van der Waals surface area contributed by atoms with E-state index < -0.39 is 0 Å². The predicted molar refractivity (Wildman–Crippen MR) is 87.1 cm³/mol. The van der Waals surface area contributed by atoms with Crippen LogP contribution in [0.25, 0.3) is 0 Å². The number of para-hydroxylation sites is 1. The molecule has 0 saturated heterocycles. The van der Waals surface area contributed by atoms with Gasteiger partial charge < -0.3 is 15.4 Å². The standard InChI is InChI=1S/C16H24N2O2.ClH/c1-13-5-2-3-6-15(13)20-10-4-9-18-16(19)12-17-11-14-7-8-14;/h2-3,5-6,14,17H,4,7-12H2,1H3,(H,18,19);1H. The number of benzene rings is 1. The monoisotopic (exact) mass is 312 g/mol. The minimum Gasteiger partial charge on any atom is -0.493 e. The topological polar surface area (TPSA) is 50.4 Å². The zero-order chi connectivity index (χ0) is 14.2. The van der Waals surface area contributed by atoms with Crippen LogP contribution in [-0.4, -0.2) is 32.1 Å². The number of aryl methyl sites for hydroxylation is 1. The van der Waals surface area contributed by atoms with E-state index in [4.69, 9.17) is 4.74 Å². The molecule has 2 N–H and O–H groups in total. The van der Waals surface area contributed by atoms with E-state index in [0.29, 0.717) is 19.7 Å². The Morgan fingerprint density at radius 1 is 1.33 bits per heavy atom. The van der Waals surface area contributed by atoms with E-state index in [-0.39, 0.29) is 18.3 Å². The minimum atomic E-state index is 0. The second kappa shape index (κ2) is 9.64. The molecule has 1 aromatic carbocycles. The summed E-state index contributed by atoms with van der Waals surface area (Å²) in [6.07, 6.45) is 3.44. The van der Waals surface area contributed by atoms with Crippen LogP contribution in [0.5, 0.6) is 5.75 Å².